The molecule has 0 fully saturated rings. The molecule has 6 heteroatoms. The molecule has 0 aliphatic carbocycles. The number of nitrogens with zero attached hydrogens (tertiary/aromatic N) is 1. The van der Waals surface area contributed by atoms with E-state index in [-0.39, 0.29) is 17.9 Å². The van der Waals surface area contributed by atoms with Crippen LogP contribution in [-0.2, 0) is 11.2 Å². The van der Waals surface area contributed by atoms with E-state index < -0.39 is 5.97 Å². The van der Waals surface area contributed by atoms with Crippen LogP contribution in [0.4, 0.5) is 5.69 Å². The van der Waals surface area contributed by atoms with E-state index in [1.165, 1.54) is 6.07 Å². The Hall–Kier alpha value is -3.93. The van der Waals surface area contributed by atoms with Crippen molar-refractivity contribution in [2.24, 2.45) is 0 Å². The zero-order valence-electron chi connectivity index (χ0n) is 14.8. The van der Waals surface area contributed by atoms with Crippen LogP contribution in [0.2, 0.25) is 0 Å². The van der Waals surface area contributed by atoms with Crippen LogP contribution in [0.3, 0.4) is 0 Å². The maximum absolute atomic E-state index is 12.4. The highest BCUT2D eigenvalue weighted by molar-refractivity contribution is 6.01. The summed E-state index contributed by atoms with van der Waals surface area (Å²) >= 11 is 0. The lowest BCUT2D eigenvalue weighted by Crippen LogP contribution is -2.16. The predicted molar refractivity (Wildman–Crippen MR) is 107 cm³/mol. The molecule has 138 valence electrons. The highest BCUT2D eigenvalue weighted by Crippen LogP contribution is 2.24. The Labute approximate surface area is 160 Å². The molecule has 0 atom stereocenters. The number of rotatable bonds is 5. The van der Waals surface area contributed by atoms with Gasteiger partial charge in [-0.25, -0.2) is 4.79 Å². The minimum absolute atomic E-state index is 0.0676. The molecule has 0 spiro atoms. The lowest BCUT2D eigenvalue weighted by Gasteiger charge is -2.09. The Morgan fingerprint density at radius 2 is 1.79 bits per heavy atom. The third kappa shape index (κ3) is 3.61. The summed E-state index contributed by atoms with van der Waals surface area (Å²) in [4.78, 5) is 23.7. The number of fused-ring (bicyclic) bond motifs is 1. The molecular weight excluding hydrogens is 354 g/mol. The first-order valence-corrected chi connectivity index (χ1v) is 8.75. The highest BCUT2D eigenvalue weighted by atomic mass is 16.4. The molecule has 0 saturated heterocycles. The zero-order valence-corrected chi connectivity index (χ0v) is 14.8. The van der Waals surface area contributed by atoms with E-state index >= 15 is 0 Å². The zero-order chi connectivity index (χ0) is 19.5. The minimum atomic E-state index is -1.08. The molecule has 0 saturated carbocycles. The lowest BCUT2D eigenvalue weighted by atomic mass is 10.0. The topological polar surface area (TPSA) is 95.1 Å². The van der Waals surface area contributed by atoms with Crippen LogP contribution in [0.1, 0.15) is 15.9 Å². The van der Waals surface area contributed by atoms with Crippen molar-refractivity contribution in [3.05, 3.63) is 84.1 Å². The van der Waals surface area contributed by atoms with Gasteiger partial charge in [0.15, 0.2) is 0 Å². The van der Waals surface area contributed by atoms with Gasteiger partial charge >= 0.3 is 5.97 Å². The van der Waals surface area contributed by atoms with Crippen molar-refractivity contribution in [3.8, 4) is 11.1 Å². The Morgan fingerprint density at radius 1 is 0.964 bits per heavy atom. The summed E-state index contributed by atoms with van der Waals surface area (Å²) in [6.45, 7) is 0. The van der Waals surface area contributed by atoms with Crippen molar-refractivity contribution in [2.45, 2.75) is 6.42 Å². The number of hydrogen-bond donors (Lipinski definition) is 3. The molecule has 28 heavy (non-hydrogen) atoms. The summed E-state index contributed by atoms with van der Waals surface area (Å²) in [5, 5.41) is 19.9. The molecule has 1 heterocycles. The lowest BCUT2D eigenvalue weighted by molar-refractivity contribution is -0.115. The molecule has 0 unspecified atom stereocenters. The van der Waals surface area contributed by atoms with Gasteiger partial charge in [-0.3, -0.25) is 9.89 Å². The van der Waals surface area contributed by atoms with E-state index in [9.17, 15) is 14.7 Å². The summed E-state index contributed by atoms with van der Waals surface area (Å²) < 4.78 is 0. The Bertz CT molecular complexity index is 1180. The van der Waals surface area contributed by atoms with Gasteiger partial charge in [-0.05, 0) is 41.0 Å². The number of H-pyrrole nitrogens is 1. The first kappa shape index (κ1) is 17.5. The van der Waals surface area contributed by atoms with Gasteiger partial charge < -0.3 is 10.4 Å². The van der Waals surface area contributed by atoms with Gasteiger partial charge in [0.1, 0.15) is 0 Å². The molecule has 1 aromatic heterocycles. The number of aromatic amines is 1. The molecule has 0 aliphatic heterocycles. The van der Waals surface area contributed by atoms with Gasteiger partial charge in [0, 0.05) is 5.39 Å². The second-order valence-corrected chi connectivity index (χ2v) is 6.45. The summed E-state index contributed by atoms with van der Waals surface area (Å²) in [6, 6.07) is 20.1. The van der Waals surface area contributed by atoms with Crippen molar-refractivity contribution in [1.29, 1.82) is 0 Å². The summed E-state index contributed by atoms with van der Waals surface area (Å²) in [6.07, 6.45) is 1.92. The molecule has 3 aromatic carbocycles. The molecule has 0 bridgehead atoms. The van der Waals surface area contributed by atoms with E-state index in [0.717, 1.165) is 27.6 Å². The minimum Gasteiger partial charge on any atom is -0.478 e. The quantitative estimate of drug-likeness (QED) is 0.492. The van der Waals surface area contributed by atoms with E-state index in [2.05, 4.69) is 15.5 Å². The number of nitrogens with one attached hydrogen (secondary N) is 2. The number of aromatic nitrogens is 2. The standard InChI is InChI=1S/C22H17N3O3/c26-21(24-20-7-2-1-6-18(20)22(27)28)11-14-4-3-5-15(10-14)16-8-9-19-17(12-16)13-23-25-19/h1-10,12-13H,11H2,(H,23,25)(H,24,26)(H,27,28). The molecule has 1 amide bonds. The van der Waals surface area contributed by atoms with Crippen LogP contribution in [0.25, 0.3) is 22.0 Å². The Morgan fingerprint density at radius 3 is 2.64 bits per heavy atom. The molecule has 4 rings (SSSR count). The SMILES string of the molecule is O=C(Cc1cccc(-c2ccc3[nH]ncc3c2)c1)Nc1ccccc1C(=O)O. The van der Waals surface area contributed by atoms with Crippen molar-refractivity contribution in [1.82, 2.24) is 10.2 Å². The van der Waals surface area contributed by atoms with Gasteiger partial charge in [0.25, 0.3) is 0 Å². The Kier molecular flexibility index (Phi) is 4.60. The molecule has 4 aromatic rings. The van der Waals surface area contributed by atoms with Crippen LogP contribution < -0.4 is 5.32 Å². The highest BCUT2D eigenvalue weighted by Gasteiger charge is 2.12. The largest absolute Gasteiger partial charge is 0.478 e. The summed E-state index contributed by atoms with van der Waals surface area (Å²) in [7, 11) is 0. The maximum Gasteiger partial charge on any atom is 0.337 e. The number of carboxylic acids is 1. The predicted octanol–water partition coefficient (Wildman–Crippen LogP) is 4.11. The van der Waals surface area contributed by atoms with Crippen molar-refractivity contribution < 1.29 is 14.7 Å². The van der Waals surface area contributed by atoms with Crippen molar-refractivity contribution in [2.75, 3.05) is 5.32 Å². The second-order valence-electron chi connectivity index (χ2n) is 6.45. The van der Waals surface area contributed by atoms with Gasteiger partial charge in [-0.2, -0.15) is 5.10 Å². The maximum atomic E-state index is 12.4. The third-order valence-electron chi connectivity index (χ3n) is 4.50. The fraction of sp³-hybridized carbons (Fsp3) is 0.0455. The van der Waals surface area contributed by atoms with Gasteiger partial charge in [-0.1, -0.05) is 42.5 Å². The van der Waals surface area contributed by atoms with Crippen LogP contribution >= 0.6 is 0 Å². The van der Waals surface area contributed by atoms with Gasteiger partial charge in [0.2, 0.25) is 5.91 Å². The number of para-hydroxylation sites is 1. The molecular formula is C22H17N3O3. The number of anilines is 1. The first-order valence-electron chi connectivity index (χ1n) is 8.75. The molecule has 0 radical (unpaired) electrons. The number of amides is 1. The van der Waals surface area contributed by atoms with E-state index in [1.54, 1.807) is 24.4 Å². The van der Waals surface area contributed by atoms with Crippen molar-refractivity contribution >= 4 is 28.5 Å². The number of carboxylic acid groups (broad SMARTS) is 1. The number of aromatic carboxylic acids is 1. The smallest absolute Gasteiger partial charge is 0.337 e. The number of carbonyl (C=O) groups is 2. The van der Waals surface area contributed by atoms with E-state index in [4.69, 9.17) is 0 Å². The first-order chi connectivity index (χ1) is 13.6. The van der Waals surface area contributed by atoms with Crippen LogP contribution in [0.15, 0.2) is 72.9 Å². The number of carbonyl (C=O) groups excluding carboxylic acids is 1. The monoisotopic (exact) mass is 371 g/mol. The van der Waals surface area contributed by atoms with Gasteiger partial charge in [0.05, 0.1) is 29.4 Å². The van der Waals surface area contributed by atoms with Crippen LogP contribution in [0.5, 0.6) is 0 Å². The average Bonchev–Trinajstić information content (AvgIpc) is 3.16. The van der Waals surface area contributed by atoms with Crippen molar-refractivity contribution in [3.63, 3.8) is 0 Å². The van der Waals surface area contributed by atoms with E-state index in [0.29, 0.717) is 5.69 Å². The number of benzene rings is 3. The summed E-state index contributed by atoms with van der Waals surface area (Å²) in [5.74, 6) is -1.34. The fourth-order valence-electron chi connectivity index (χ4n) is 3.14. The molecule has 3 N–H and O–H groups in total. The third-order valence-corrected chi connectivity index (χ3v) is 4.50. The van der Waals surface area contributed by atoms with Crippen LogP contribution in [-0.4, -0.2) is 27.2 Å². The van der Waals surface area contributed by atoms with Crippen LogP contribution in [0, 0.1) is 0 Å². The van der Waals surface area contributed by atoms with Gasteiger partial charge in [-0.15, -0.1) is 0 Å². The average molecular weight is 371 g/mol. The Balaban J connectivity index is 1.53. The fourth-order valence-corrected chi connectivity index (χ4v) is 3.14. The van der Waals surface area contributed by atoms with E-state index in [1.807, 2.05) is 42.5 Å². The second kappa shape index (κ2) is 7.36. The molecule has 0 aliphatic rings. The molecule has 6 nitrogen and oxygen atoms in total. The normalized spacial score (nSPS) is 10.7. The summed E-state index contributed by atoms with van der Waals surface area (Å²) in [5.41, 5.74) is 4.21. The number of hydrogen-bond acceptors (Lipinski definition) is 3.